The molecule has 0 aliphatic carbocycles. The molecule has 0 amide bonds. The first kappa shape index (κ1) is 17.6. The molecule has 0 fully saturated rings. The summed E-state index contributed by atoms with van der Waals surface area (Å²) in [4.78, 5) is 9.96. The zero-order valence-electron chi connectivity index (χ0n) is 12.4. The van der Waals surface area contributed by atoms with Crippen LogP contribution in [0.2, 0.25) is 0 Å². The molecule has 0 heterocycles. The third-order valence-electron chi connectivity index (χ3n) is 3.46. The van der Waals surface area contributed by atoms with E-state index in [0.717, 1.165) is 25.7 Å². The molecule has 0 bridgehead atoms. The molecule has 0 saturated heterocycles. The highest BCUT2D eigenvalue weighted by atomic mass is 32.2. The van der Waals surface area contributed by atoms with Crippen LogP contribution in [-0.2, 0) is 10.0 Å². The van der Waals surface area contributed by atoms with Gasteiger partial charge >= 0.3 is 0 Å². The van der Waals surface area contributed by atoms with Crippen molar-refractivity contribution in [2.24, 2.45) is 5.92 Å². The van der Waals surface area contributed by atoms with E-state index in [1.807, 2.05) is 6.92 Å². The molecule has 1 unspecified atom stereocenters. The number of hydrogen-bond donors (Lipinski definition) is 1. The standard InChI is InChI=1S/C14H22N2O4S/c1-3-5-8-12(4-2)11-15-21(19,20)14-10-7-6-9-13(14)16(17)18/h6-7,9-10,12,15H,3-5,8,11H2,1-2H3. The number of nitro benzene ring substituents is 1. The van der Waals surface area contributed by atoms with Gasteiger partial charge in [-0.15, -0.1) is 0 Å². The Balaban J connectivity index is 2.85. The van der Waals surface area contributed by atoms with Gasteiger partial charge in [-0.05, 0) is 18.4 Å². The Morgan fingerprint density at radius 3 is 2.52 bits per heavy atom. The van der Waals surface area contributed by atoms with Crippen LogP contribution in [0.4, 0.5) is 5.69 Å². The van der Waals surface area contributed by atoms with Crippen molar-refractivity contribution in [3.8, 4) is 0 Å². The highest BCUT2D eigenvalue weighted by molar-refractivity contribution is 7.89. The molecule has 1 aromatic rings. The van der Waals surface area contributed by atoms with E-state index in [1.54, 1.807) is 0 Å². The average molecular weight is 314 g/mol. The second-order valence-electron chi connectivity index (χ2n) is 4.99. The zero-order chi connectivity index (χ0) is 15.9. The van der Waals surface area contributed by atoms with Crippen LogP contribution in [0.15, 0.2) is 29.2 Å². The minimum Gasteiger partial charge on any atom is -0.258 e. The summed E-state index contributed by atoms with van der Waals surface area (Å²) in [5.74, 6) is 0.252. The maximum absolute atomic E-state index is 12.2. The molecule has 0 aliphatic heterocycles. The van der Waals surface area contributed by atoms with Gasteiger partial charge in [0.05, 0.1) is 4.92 Å². The van der Waals surface area contributed by atoms with Crippen molar-refractivity contribution < 1.29 is 13.3 Å². The van der Waals surface area contributed by atoms with Crippen LogP contribution >= 0.6 is 0 Å². The van der Waals surface area contributed by atoms with Crippen LogP contribution in [0, 0.1) is 16.0 Å². The van der Waals surface area contributed by atoms with Gasteiger partial charge in [0, 0.05) is 12.6 Å². The van der Waals surface area contributed by atoms with E-state index in [2.05, 4.69) is 11.6 Å². The van der Waals surface area contributed by atoms with E-state index >= 15 is 0 Å². The molecule has 0 radical (unpaired) electrons. The fraction of sp³-hybridized carbons (Fsp3) is 0.571. The highest BCUT2D eigenvalue weighted by Gasteiger charge is 2.25. The van der Waals surface area contributed by atoms with Crippen LogP contribution in [-0.4, -0.2) is 19.9 Å². The molecule has 21 heavy (non-hydrogen) atoms. The summed E-state index contributed by atoms with van der Waals surface area (Å²) in [5, 5.41) is 10.9. The predicted molar refractivity (Wildman–Crippen MR) is 81.6 cm³/mol. The lowest BCUT2D eigenvalue weighted by atomic mass is 10.00. The van der Waals surface area contributed by atoms with Crippen molar-refractivity contribution in [3.63, 3.8) is 0 Å². The number of hydrogen-bond acceptors (Lipinski definition) is 4. The number of benzene rings is 1. The van der Waals surface area contributed by atoms with Gasteiger partial charge in [-0.3, -0.25) is 10.1 Å². The number of para-hydroxylation sites is 1. The summed E-state index contributed by atoms with van der Waals surface area (Å²) in [7, 11) is -3.86. The number of nitrogens with one attached hydrogen (secondary N) is 1. The minimum atomic E-state index is -3.86. The van der Waals surface area contributed by atoms with E-state index in [1.165, 1.54) is 24.3 Å². The molecular weight excluding hydrogens is 292 g/mol. The van der Waals surface area contributed by atoms with Gasteiger partial charge in [0.1, 0.15) is 0 Å². The first-order valence-electron chi connectivity index (χ1n) is 7.15. The lowest BCUT2D eigenvalue weighted by molar-refractivity contribution is -0.387. The van der Waals surface area contributed by atoms with E-state index in [0.29, 0.717) is 6.54 Å². The molecule has 0 spiro atoms. The fourth-order valence-corrected chi connectivity index (χ4v) is 3.37. The largest absolute Gasteiger partial charge is 0.289 e. The summed E-state index contributed by atoms with van der Waals surface area (Å²) >= 11 is 0. The highest BCUT2D eigenvalue weighted by Crippen LogP contribution is 2.23. The van der Waals surface area contributed by atoms with E-state index in [4.69, 9.17) is 0 Å². The van der Waals surface area contributed by atoms with Gasteiger partial charge < -0.3 is 0 Å². The molecular formula is C14H22N2O4S. The molecule has 1 atom stereocenters. The lowest BCUT2D eigenvalue weighted by Gasteiger charge is -2.15. The first-order chi connectivity index (χ1) is 9.92. The molecule has 7 heteroatoms. The first-order valence-corrected chi connectivity index (χ1v) is 8.63. The minimum absolute atomic E-state index is 0.252. The van der Waals surface area contributed by atoms with Gasteiger partial charge in [0.2, 0.25) is 10.0 Å². The summed E-state index contributed by atoms with van der Waals surface area (Å²) in [5.41, 5.74) is -0.397. The number of nitrogens with zero attached hydrogens (tertiary/aromatic N) is 1. The SMILES string of the molecule is CCCCC(CC)CNS(=O)(=O)c1ccccc1[N+](=O)[O-]. The molecule has 1 aromatic carbocycles. The van der Waals surface area contributed by atoms with Crippen LogP contribution in [0.1, 0.15) is 39.5 Å². The van der Waals surface area contributed by atoms with Gasteiger partial charge in [0.25, 0.3) is 5.69 Å². The third-order valence-corrected chi connectivity index (χ3v) is 4.93. The van der Waals surface area contributed by atoms with E-state index in [-0.39, 0.29) is 10.8 Å². The molecule has 0 saturated carbocycles. The number of unbranched alkanes of at least 4 members (excludes halogenated alkanes) is 1. The maximum Gasteiger partial charge on any atom is 0.289 e. The number of sulfonamides is 1. The molecule has 1 N–H and O–H groups in total. The normalized spacial score (nSPS) is 13.0. The summed E-state index contributed by atoms with van der Waals surface area (Å²) in [6.07, 6.45) is 3.94. The zero-order valence-corrected chi connectivity index (χ0v) is 13.2. The Labute approximate surface area is 125 Å². The predicted octanol–water partition coefficient (Wildman–Crippen LogP) is 3.09. The Morgan fingerprint density at radius 1 is 1.29 bits per heavy atom. The van der Waals surface area contributed by atoms with Crippen LogP contribution < -0.4 is 4.72 Å². The van der Waals surface area contributed by atoms with Crippen molar-refractivity contribution >= 4 is 15.7 Å². The molecule has 1 rings (SSSR count). The Bertz CT molecular complexity index is 572. The molecule has 0 aliphatic rings. The number of nitro groups is 1. The van der Waals surface area contributed by atoms with Crippen molar-refractivity contribution in [2.45, 2.75) is 44.4 Å². The van der Waals surface area contributed by atoms with Crippen LogP contribution in [0.3, 0.4) is 0 Å². The Kier molecular flexibility index (Phi) is 6.77. The molecule has 0 aromatic heterocycles. The topological polar surface area (TPSA) is 89.3 Å². The van der Waals surface area contributed by atoms with E-state index < -0.39 is 20.6 Å². The van der Waals surface area contributed by atoms with Crippen molar-refractivity contribution in [3.05, 3.63) is 34.4 Å². The molecule has 118 valence electrons. The summed E-state index contributed by atoms with van der Waals surface area (Å²) in [6.45, 7) is 4.41. The van der Waals surface area contributed by atoms with Crippen molar-refractivity contribution in [1.82, 2.24) is 4.72 Å². The smallest absolute Gasteiger partial charge is 0.258 e. The van der Waals surface area contributed by atoms with Crippen LogP contribution in [0.5, 0.6) is 0 Å². The molecule has 6 nitrogen and oxygen atoms in total. The van der Waals surface area contributed by atoms with Gasteiger partial charge in [0.15, 0.2) is 4.90 Å². The average Bonchev–Trinajstić information content (AvgIpc) is 2.47. The quantitative estimate of drug-likeness (QED) is 0.560. The third kappa shape index (κ3) is 5.09. The lowest BCUT2D eigenvalue weighted by Crippen LogP contribution is -2.29. The second kappa shape index (κ2) is 8.09. The maximum atomic E-state index is 12.2. The monoisotopic (exact) mass is 314 g/mol. The summed E-state index contributed by atoms with van der Waals surface area (Å²) in [6, 6.07) is 5.39. The van der Waals surface area contributed by atoms with Gasteiger partial charge in [-0.25, -0.2) is 13.1 Å². The Morgan fingerprint density at radius 2 is 1.95 bits per heavy atom. The Hall–Kier alpha value is -1.47. The van der Waals surface area contributed by atoms with Gasteiger partial charge in [-0.2, -0.15) is 0 Å². The van der Waals surface area contributed by atoms with E-state index in [9.17, 15) is 18.5 Å². The second-order valence-corrected chi connectivity index (χ2v) is 6.73. The summed E-state index contributed by atoms with van der Waals surface area (Å²) < 4.78 is 27.0. The van der Waals surface area contributed by atoms with Crippen LogP contribution in [0.25, 0.3) is 0 Å². The number of rotatable bonds is 9. The fourth-order valence-electron chi connectivity index (χ4n) is 2.08. The van der Waals surface area contributed by atoms with Crippen molar-refractivity contribution in [1.29, 1.82) is 0 Å². The van der Waals surface area contributed by atoms with Gasteiger partial charge in [-0.1, -0.05) is 45.2 Å². The van der Waals surface area contributed by atoms with Crippen molar-refractivity contribution in [2.75, 3.05) is 6.54 Å².